The number of carbonyl (C=O) groups is 1. The van der Waals surface area contributed by atoms with Gasteiger partial charge in [-0.2, -0.15) is 0 Å². The second-order valence-electron chi connectivity index (χ2n) is 6.65. The molecule has 1 unspecified atom stereocenters. The Morgan fingerprint density at radius 3 is 2.73 bits per heavy atom. The van der Waals surface area contributed by atoms with Crippen LogP contribution in [-0.4, -0.2) is 17.6 Å². The summed E-state index contributed by atoms with van der Waals surface area (Å²) < 4.78 is 7.95. The molecule has 1 atom stereocenters. The van der Waals surface area contributed by atoms with E-state index in [0.29, 0.717) is 31.2 Å². The summed E-state index contributed by atoms with van der Waals surface area (Å²) in [7, 11) is 1.31. The molecule has 8 heteroatoms. The summed E-state index contributed by atoms with van der Waals surface area (Å²) in [6.45, 7) is 1.74. The van der Waals surface area contributed by atoms with Crippen LogP contribution < -0.4 is 14.9 Å². The third-order valence-corrected chi connectivity index (χ3v) is 6.59. The number of benzene rings is 2. The van der Waals surface area contributed by atoms with Gasteiger partial charge in [-0.25, -0.2) is 9.79 Å². The second kappa shape index (κ2) is 8.34. The molecule has 0 saturated heterocycles. The standard InChI is InChI=1S/C22H16BrClN2O3S/c1-12-18(21(28)29-2)19(15-8-3-4-9-16(15)24)26-20(27)17(30-22(26)25-12)11-13-6-5-7-14(23)10-13/h3-11,19H,1-2H3. The average molecular weight is 504 g/mol. The fourth-order valence-corrected chi connectivity index (χ4v) is 5.13. The molecule has 0 radical (unpaired) electrons. The van der Waals surface area contributed by atoms with E-state index in [9.17, 15) is 9.59 Å². The Morgan fingerprint density at radius 1 is 1.27 bits per heavy atom. The van der Waals surface area contributed by atoms with Crippen molar-refractivity contribution in [3.63, 3.8) is 0 Å². The first-order valence-corrected chi connectivity index (χ1v) is 11.0. The molecule has 1 aliphatic rings. The Labute approximate surface area is 189 Å². The molecule has 0 fully saturated rings. The average Bonchev–Trinajstić information content (AvgIpc) is 3.02. The number of nitrogens with zero attached hydrogens (tertiary/aromatic N) is 2. The lowest BCUT2D eigenvalue weighted by atomic mass is 9.96. The number of halogens is 2. The van der Waals surface area contributed by atoms with Gasteiger partial charge in [-0.1, -0.05) is 69.2 Å². The van der Waals surface area contributed by atoms with Crippen molar-refractivity contribution in [2.45, 2.75) is 13.0 Å². The smallest absolute Gasteiger partial charge is 0.338 e. The highest BCUT2D eigenvalue weighted by atomic mass is 79.9. The predicted octanol–water partition coefficient (Wildman–Crippen LogP) is 3.82. The Morgan fingerprint density at radius 2 is 2.03 bits per heavy atom. The summed E-state index contributed by atoms with van der Waals surface area (Å²) in [5.74, 6) is -0.539. The van der Waals surface area contributed by atoms with E-state index in [-0.39, 0.29) is 5.56 Å². The first kappa shape index (κ1) is 20.8. The molecular formula is C22H16BrClN2O3S. The lowest BCUT2D eigenvalue weighted by Gasteiger charge is -2.25. The maximum atomic E-state index is 13.4. The zero-order valence-corrected chi connectivity index (χ0v) is 19.2. The van der Waals surface area contributed by atoms with Crippen LogP contribution in [0, 0.1) is 0 Å². The van der Waals surface area contributed by atoms with Crippen molar-refractivity contribution in [2.24, 2.45) is 4.99 Å². The van der Waals surface area contributed by atoms with Crippen LogP contribution in [0.1, 0.15) is 24.1 Å². The van der Waals surface area contributed by atoms with Crippen molar-refractivity contribution >= 4 is 50.9 Å². The molecule has 0 amide bonds. The maximum Gasteiger partial charge on any atom is 0.338 e. The summed E-state index contributed by atoms with van der Waals surface area (Å²) >= 11 is 11.2. The largest absolute Gasteiger partial charge is 0.466 e. The van der Waals surface area contributed by atoms with Gasteiger partial charge < -0.3 is 4.74 Å². The van der Waals surface area contributed by atoms with E-state index in [4.69, 9.17) is 16.3 Å². The molecule has 5 nitrogen and oxygen atoms in total. The number of carbonyl (C=O) groups excluding carboxylic acids is 1. The molecular weight excluding hydrogens is 488 g/mol. The van der Waals surface area contributed by atoms with E-state index in [0.717, 1.165) is 10.0 Å². The molecule has 4 rings (SSSR count). The lowest BCUT2D eigenvalue weighted by Crippen LogP contribution is -2.39. The molecule has 152 valence electrons. The fourth-order valence-electron chi connectivity index (χ4n) is 3.43. The first-order valence-electron chi connectivity index (χ1n) is 9.01. The number of thiazole rings is 1. The number of hydrogen-bond acceptors (Lipinski definition) is 5. The van der Waals surface area contributed by atoms with Gasteiger partial charge in [0.15, 0.2) is 4.80 Å². The molecule has 0 aliphatic carbocycles. The van der Waals surface area contributed by atoms with Crippen molar-refractivity contribution in [3.8, 4) is 0 Å². The van der Waals surface area contributed by atoms with Gasteiger partial charge in [0.1, 0.15) is 6.04 Å². The summed E-state index contributed by atoms with van der Waals surface area (Å²) in [6, 6.07) is 14.1. The van der Waals surface area contributed by atoms with Crippen molar-refractivity contribution in [1.82, 2.24) is 4.57 Å². The Hall–Kier alpha value is -2.48. The molecule has 2 heterocycles. The quantitative estimate of drug-likeness (QED) is 0.511. The number of rotatable bonds is 3. The van der Waals surface area contributed by atoms with E-state index < -0.39 is 12.0 Å². The van der Waals surface area contributed by atoms with Gasteiger partial charge in [-0.15, -0.1) is 0 Å². The van der Waals surface area contributed by atoms with Gasteiger partial charge in [0.05, 0.1) is 22.9 Å². The Bertz CT molecular complexity index is 1370. The third-order valence-electron chi connectivity index (χ3n) is 4.77. The SMILES string of the molecule is COC(=O)C1=C(C)N=c2sc(=Cc3cccc(Br)c3)c(=O)n2C1c1ccccc1Cl. The number of ether oxygens (including phenoxy) is 1. The predicted molar refractivity (Wildman–Crippen MR) is 121 cm³/mol. The Kier molecular flexibility index (Phi) is 5.77. The number of esters is 1. The van der Waals surface area contributed by atoms with Crippen LogP contribution in [0.25, 0.3) is 6.08 Å². The normalized spacial score (nSPS) is 16.3. The summed E-state index contributed by atoms with van der Waals surface area (Å²) in [4.78, 5) is 31.1. The zero-order valence-electron chi connectivity index (χ0n) is 16.1. The van der Waals surface area contributed by atoms with E-state index >= 15 is 0 Å². The lowest BCUT2D eigenvalue weighted by molar-refractivity contribution is -0.136. The van der Waals surface area contributed by atoms with E-state index in [1.807, 2.05) is 36.4 Å². The summed E-state index contributed by atoms with van der Waals surface area (Å²) in [5.41, 5.74) is 2.09. The molecule has 1 aliphatic heterocycles. The van der Waals surface area contributed by atoms with Gasteiger partial charge >= 0.3 is 5.97 Å². The summed E-state index contributed by atoms with van der Waals surface area (Å²) in [6.07, 6.45) is 1.81. The van der Waals surface area contributed by atoms with Crippen LogP contribution >= 0.6 is 38.9 Å². The number of hydrogen-bond donors (Lipinski definition) is 0. The second-order valence-corrected chi connectivity index (χ2v) is 8.98. The Balaban J connectivity index is 2.01. The van der Waals surface area contributed by atoms with Gasteiger partial charge in [-0.3, -0.25) is 9.36 Å². The molecule has 30 heavy (non-hydrogen) atoms. The molecule has 3 aromatic rings. The van der Waals surface area contributed by atoms with Crippen molar-refractivity contribution < 1.29 is 9.53 Å². The van der Waals surface area contributed by atoms with Crippen LogP contribution in [0.3, 0.4) is 0 Å². The highest BCUT2D eigenvalue weighted by molar-refractivity contribution is 9.10. The minimum atomic E-state index is -0.716. The minimum absolute atomic E-state index is 0.238. The molecule has 0 N–H and O–H groups in total. The van der Waals surface area contributed by atoms with Crippen LogP contribution in [0.2, 0.25) is 5.02 Å². The maximum absolute atomic E-state index is 13.4. The number of allylic oxidation sites excluding steroid dienone is 1. The number of methoxy groups -OCH3 is 1. The number of aromatic nitrogens is 1. The monoisotopic (exact) mass is 502 g/mol. The first-order chi connectivity index (χ1) is 14.4. The topological polar surface area (TPSA) is 60.7 Å². The number of fused-ring (bicyclic) bond motifs is 1. The van der Waals surface area contributed by atoms with Crippen molar-refractivity contribution in [3.05, 3.63) is 100 Å². The van der Waals surface area contributed by atoms with Gasteiger partial charge in [0.2, 0.25) is 0 Å². The van der Waals surface area contributed by atoms with Crippen LogP contribution in [0.5, 0.6) is 0 Å². The van der Waals surface area contributed by atoms with Crippen molar-refractivity contribution in [2.75, 3.05) is 7.11 Å². The molecule has 2 aromatic carbocycles. The van der Waals surface area contributed by atoms with E-state index in [2.05, 4.69) is 20.9 Å². The molecule has 0 saturated carbocycles. The van der Waals surface area contributed by atoms with E-state index in [1.54, 1.807) is 25.1 Å². The summed E-state index contributed by atoms with van der Waals surface area (Å²) in [5, 5.41) is 0.458. The fraction of sp³-hybridized carbons (Fsp3) is 0.136. The van der Waals surface area contributed by atoms with Gasteiger partial charge in [0, 0.05) is 9.50 Å². The van der Waals surface area contributed by atoms with E-state index in [1.165, 1.54) is 23.0 Å². The third kappa shape index (κ3) is 3.69. The van der Waals surface area contributed by atoms with Crippen molar-refractivity contribution in [1.29, 1.82) is 0 Å². The van der Waals surface area contributed by atoms with Crippen LogP contribution in [0.15, 0.2) is 74.1 Å². The van der Waals surface area contributed by atoms with Crippen LogP contribution in [-0.2, 0) is 9.53 Å². The molecule has 0 bridgehead atoms. The van der Waals surface area contributed by atoms with Gasteiger partial charge in [-0.05, 0) is 42.3 Å². The highest BCUT2D eigenvalue weighted by Gasteiger charge is 2.34. The van der Waals surface area contributed by atoms with Crippen LogP contribution in [0.4, 0.5) is 0 Å². The zero-order chi connectivity index (χ0) is 21.4. The molecule has 0 spiro atoms. The van der Waals surface area contributed by atoms with Gasteiger partial charge in [0.25, 0.3) is 5.56 Å². The molecule has 1 aromatic heterocycles. The minimum Gasteiger partial charge on any atom is -0.466 e. The highest BCUT2D eigenvalue weighted by Crippen LogP contribution is 2.34.